The van der Waals surface area contributed by atoms with Crippen molar-refractivity contribution in [3.05, 3.63) is 70.8 Å². The molecule has 0 radical (unpaired) electrons. The highest BCUT2D eigenvalue weighted by molar-refractivity contribution is 9.09. The number of rotatable bonds is 5. The molecular weight excluding hydrogens is 296 g/mol. The van der Waals surface area contributed by atoms with Gasteiger partial charge in [-0.25, -0.2) is 0 Å². The second kappa shape index (κ2) is 6.91. The summed E-state index contributed by atoms with van der Waals surface area (Å²) in [6, 6.07) is 17.7. The molecule has 0 aromatic heterocycles. The minimum atomic E-state index is 0.285. The van der Waals surface area contributed by atoms with Gasteiger partial charge in [-0.2, -0.15) is 0 Å². The van der Waals surface area contributed by atoms with E-state index >= 15 is 0 Å². The third-order valence-corrected chi connectivity index (χ3v) is 4.48. The van der Waals surface area contributed by atoms with E-state index in [9.17, 15) is 0 Å². The van der Waals surface area contributed by atoms with Crippen LogP contribution in [0.5, 0.6) is 0 Å². The number of aryl methyl sites for hydroxylation is 2. The first-order valence-electron chi connectivity index (χ1n) is 7.00. The van der Waals surface area contributed by atoms with E-state index in [0.29, 0.717) is 0 Å². The molecule has 0 saturated carbocycles. The van der Waals surface area contributed by atoms with Crippen LogP contribution < -0.4 is 0 Å². The third kappa shape index (κ3) is 3.94. The Morgan fingerprint density at radius 1 is 1.00 bits per heavy atom. The Balaban J connectivity index is 2.13. The minimum Gasteiger partial charge on any atom is -0.0786 e. The van der Waals surface area contributed by atoms with E-state index < -0.39 is 0 Å². The molecule has 2 aromatic rings. The van der Waals surface area contributed by atoms with Crippen molar-refractivity contribution in [1.82, 2.24) is 0 Å². The molecule has 2 rings (SSSR count). The first kappa shape index (κ1) is 14.3. The summed E-state index contributed by atoms with van der Waals surface area (Å²) in [4.78, 5) is 0.285. The minimum absolute atomic E-state index is 0.285. The molecule has 1 atom stereocenters. The fourth-order valence-electron chi connectivity index (χ4n) is 2.25. The van der Waals surface area contributed by atoms with E-state index in [1.165, 1.54) is 41.5 Å². The molecule has 19 heavy (non-hydrogen) atoms. The van der Waals surface area contributed by atoms with E-state index in [4.69, 9.17) is 0 Å². The largest absolute Gasteiger partial charge is 0.0786 e. The lowest BCUT2D eigenvalue weighted by atomic mass is 10.0. The van der Waals surface area contributed by atoms with Crippen molar-refractivity contribution in [2.24, 2.45) is 0 Å². The highest BCUT2D eigenvalue weighted by atomic mass is 79.9. The van der Waals surface area contributed by atoms with Crippen LogP contribution >= 0.6 is 15.9 Å². The molecule has 0 amide bonds. The molecule has 100 valence electrons. The van der Waals surface area contributed by atoms with Gasteiger partial charge in [-0.3, -0.25) is 0 Å². The van der Waals surface area contributed by atoms with Crippen LogP contribution in [0.25, 0.3) is 0 Å². The van der Waals surface area contributed by atoms with Crippen LogP contribution in [-0.4, -0.2) is 0 Å². The topological polar surface area (TPSA) is 0 Å². The number of hydrogen-bond acceptors (Lipinski definition) is 0. The average molecular weight is 317 g/mol. The van der Waals surface area contributed by atoms with Crippen LogP contribution in [0.4, 0.5) is 0 Å². The average Bonchev–Trinajstić information content (AvgIpc) is 2.45. The SMILES string of the molecule is CCCCc1ccc(C(Br)c2cccc(C)c2)cc1. The van der Waals surface area contributed by atoms with E-state index in [1.54, 1.807) is 0 Å². The van der Waals surface area contributed by atoms with Crippen LogP contribution in [0, 0.1) is 6.92 Å². The van der Waals surface area contributed by atoms with Gasteiger partial charge in [0.2, 0.25) is 0 Å². The van der Waals surface area contributed by atoms with Gasteiger partial charge in [0, 0.05) is 0 Å². The highest BCUT2D eigenvalue weighted by Gasteiger charge is 2.09. The first-order valence-corrected chi connectivity index (χ1v) is 7.91. The molecule has 0 spiro atoms. The molecule has 0 fully saturated rings. The predicted octanol–water partition coefficient (Wildman–Crippen LogP) is 5.82. The van der Waals surface area contributed by atoms with Gasteiger partial charge in [0.15, 0.2) is 0 Å². The van der Waals surface area contributed by atoms with Gasteiger partial charge in [0.05, 0.1) is 4.83 Å². The van der Waals surface area contributed by atoms with E-state index in [-0.39, 0.29) is 4.83 Å². The van der Waals surface area contributed by atoms with Crippen LogP contribution in [0.1, 0.15) is 46.8 Å². The Labute approximate surface area is 125 Å². The zero-order chi connectivity index (χ0) is 13.7. The Hall–Kier alpha value is -1.08. The summed E-state index contributed by atoms with van der Waals surface area (Å²) in [5.74, 6) is 0. The lowest BCUT2D eigenvalue weighted by Crippen LogP contribution is -1.94. The highest BCUT2D eigenvalue weighted by Crippen LogP contribution is 2.31. The Kier molecular flexibility index (Phi) is 5.21. The van der Waals surface area contributed by atoms with Gasteiger partial charge in [-0.1, -0.05) is 83.4 Å². The smallest absolute Gasteiger partial charge is 0.0644 e. The maximum atomic E-state index is 3.81. The number of benzene rings is 2. The van der Waals surface area contributed by atoms with Crippen molar-refractivity contribution in [3.63, 3.8) is 0 Å². The fraction of sp³-hybridized carbons (Fsp3) is 0.333. The zero-order valence-electron chi connectivity index (χ0n) is 11.7. The van der Waals surface area contributed by atoms with Crippen molar-refractivity contribution in [1.29, 1.82) is 0 Å². The summed E-state index contributed by atoms with van der Waals surface area (Å²) in [7, 11) is 0. The number of hydrogen-bond donors (Lipinski definition) is 0. The summed E-state index contributed by atoms with van der Waals surface area (Å²) in [5.41, 5.74) is 5.39. The summed E-state index contributed by atoms with van der Waals surface area (Å²) < 4.78 is 0. The van der Waals surface area contributed by atoms with Gasteiger partial charge in [0.1, 0.15) is 0 Å². The second-order valence-electron chi connectivity index (χ2n) is 5.12. The van der Waals surface area contributed by atoms with Gasteiger partial charge in [-0.15, -0.1) is 0 Å². The monoisotopic (exact) mass is 316 g/mol. The van der Waals surface area contributed by atoms with E-state index in [2.05, 4.69) is 78.3 Å². The molecule has 0 nitrogen and oxygen atoms in total. The van der Waals surface area contributed by atoms with Crippen LogP contribution in [-0.2, 0) is 6.42 Å². The molecule has 0 N–H and O–H groups in total. The molecule has 1 heteroatoms. The molecule has 2 aromatic carbocycles. The molecule has 1 unspecified atom stereocenters. The summed E-state index contributed by atoms with van der Waals surface area (Å²) in [6.45, 7) is 4.37. The van der Waals surface area contributed by atoms with Crippen molar-refractivity contribution >= 4 is 15.9 Å². The quantitative estimate of drug-likeness (QED) is 0.609. The molecule has 0 heterocycles. The third-order valence-electron chi connectivity index (χ3n) is 3.43. The number of unbranched alkanes of at least 4 members (excludes halogenated alkanes) is 1. The Bertz CT molecular complexity index is 513. The van der Waals surface area contributed by atoms with Crippen LogP contribution in [0.3, 0.4) is 0 Å². The Morgan fingerprint density at radius 3 is 2.37 bits per heavy atom. The van der Waals surface area contributed by atoms with Gasteiger partial charge >= 0.3 is 0 Å². The Morgan fingerprint density at radius 2 is 1.74 bits per heavy atom. The van der Waals surface area contributed by atoms with E-state index in [0.717, 1.165) is 0 Å². The standard InChI is InChI=1S/C18H21Br/c1-3-4-7-15-9-11-16(12-10-15)18(19)17-8-5-6-14(2)13-17/h5-6,8-13,18H,3-4,7H2,1-2H3. The first-order chi connectivity index (χ1) is 9.20. The summed E-state index contributed by atoms with van der Waals surface area (Å²) in [5, 5.41) is 0. The molecule has 0 aliphatic heterocycles. The van der Waals surface area contributed by atoms with Crippen molar-refractivity contribution < 1.29 is 0 Å². The second-order valence-corrected chi connectivity index (χ2v) is 6.04. The molecular formula is C18H21Br. The van der Waals surface area contributed by atoms with Crippen LogP contribution in [0.2, 0.25) is 0 Å². The van der Waals surface area contributed by atoms with Gasteiger partial charge < -0.3 is 0 Å². The number of halogens is 1. The van der Waals surface area contributed by atoms with Gasteiger partial charge in [-0.05, 0) is 36.5 Å². The van der Waals surface area contributed by atoms with Crippen molar-refractivity contribution in [2.75, 3.05) is 0 Å². The lowest BCUT2D eigenvalue weighted by molar-refractivity contribution is 0.795. The summed E-state index contributed by atoms with van der Waals surface area (Å²) >= 11 is 3.81. The van der Waals surface area contributed by atoms with E-state index in [1.807, 2.05) is 0 Å². The van der Waals surface area contributed by atoms with Crippen LogP contribution in [0.15, 0.2) is 48.5 Å². The maximum Gasteiger partial charge on any atom is 0.0644 e. The fourth-order valence-corrected chi connectivity index (χ4v) is 2.84. The lowest BCUT2D eigenvalue weighted by Gasteiger charge is -2.12. The molecule has 0 aliphatic rings. The molecule has 0 bridgehead atoms. The molecule has 0 saturated heterocycles. The van der Waals surface area contributed by atoms with Crippen molar-refractivity contribution in [3.8, 4) is 0 Å². The normalized spacial score (nSPS) is 12.4. The number of alkyl halides is 1. The maximum absolute atomic E-state index is 3.81. The van der Waals surface area contributed by atoms with Crippen molar-refractivity contribution in [2.45, 2.75) is 37.9 Å². The summed E-state index contributed by atoms with van der Waals surface area (Å²) in [6.07, 6.45) is 3.72. The van der Waals surface area contributed by atoms with Gasteiger partial charge in [0.25, 0.3) is 0 Å². The molecule has 0 aliphatic carbocycles. The predicted molar refractivity (Wildman–Crippen MR) is 87.0 cm³/mol. The zero-order valence-corrected chi connectivity index (χ0v) is 13.3.